The van der Waals surface area contributed by atoms with Gasteiger partial charge in [0.2, 0.25) is 0 Å². The van der Waals surface area contributed by atoms with Crippen molar-refractivity contribution < 1.29 is 19.3 Å². The lowest BCUT2D eigenvalue weighted by Crippen LogP contribution is -2.48. The lowest BCUT2D eigenvalue weighted by Gasteiger charge is -2.27. The summed E-state index contributed by atoms with van der Waals surface area (Å²) in [5.74, 6) is 0.297. The highest BCUT2D eigenvalue weighted by Crippen LogP contribution is 2.40. The number of halogens is 1. The third kappa shape index (κ3) is 2.32. The number of rotatable bonds is 4. The highest BCUT2D eigenvalue weighted by atomic mass is 19.1. The minimum atomic E-state index is -1.95. The second-order valence-electron chi connectivity index (χ2n) is 5.48. The van der Waals surface area contributed by atoms with E-state index >= 15 is 0 Å². The van der Waals surface area contributed by atoms with Gasteiger partial charge < -0.3 is 19.9 Å². The van der Waals surface area contributed by atoms with Crippen LogP contribution in [0.4, 0.5) is 4.39 Å². The molecule has 3 heterocycles. The number of imidazole rings is 1. The van der Waals surface area contributed by atoms with Crippen molar-refractivity contribution in [1.29, 1.82) is 0 Å². The molecule has 0 amide bonds. The molecule has 0 saturated carbocycles. The average molecular weight is 339 g/mol. The number of ether oxygens (including phenoxy) is 1. The van der Waals surface area contributed by atoms with Gasteiger partial charge in [-0.3, -0.25) is 9.36 Å². The Morgan fingerprint density at radius 2 is 2.42 bits per heavy atom. The summed E-state index contributed by atoms with van der Waals surface area (Å²) < 4.78 is 21.3. The zero-order valence-electron chi connectivity index (χ0n) is 12.5. The van der Waals surface area contributed by atoms with E-state index < -0.39 is 42.8 Å². The van der Waals surface area contributed by atoms with Gasteiger partial charge in [0.05, 0.1) is 19.5 Å². The number of H-pyrrole nitrogens is 1. The number of nitrogens with zero attached hydrogens (tertiary/aromatic N) is 6. The summed E-state index contributed by atoms with van der Waals surface area (Å²) in [5.41, 5.74) is 6.21. The van der Waals surface area contributed by atoms with E-state index in [0.717, 1.165) is 6.33 Å². The number of hydrogen-bond acceptors (Lipinski definition) is 7. The minimum absolute atomic E-state index is 0.0116. The summed E-state index contributed by atoms with van der Waals surface area (Å²) in [4.78, 5) is 24.8. The molecule has 2 aromatic rings. The minimum Gasteiger partial charge on any atom is -0.393 e. The highest BCUT2D eigenvalue weighted by molar-refractivity contribution is 5.69. The molecule has 0 spiro atoms. The third-order valence-corrected chi connectivity index (χ3v) is 3.96. The number of alkyl halides is 1. The maximum absolute atomic E-state index is 14.6. The number of aliphatic hydroxyl groups excluding tert-OH is 2. The van der Waals surface area contributed by atoms with Crippen LogP contribution in [0.2, 0.25) is 0 Å². The number of aliphatic hydroxyl groups is 2. The largest absolute Gasteiger partial charge is 0.393 e. The fraction of sp³-hybridized carbons (Fsp3) is 0.583. The van der Waals surface area contributed by atoms with Crippen LogP contribution in [0.1, 0.15) is 12.1 Å². The molecular weight excluding hydrogens is 325 g/mol. The molecule has 1 saturated heterocycles. The first-order chi connectivity index (χ1) is 11.4. The van der Waals surface area contributed by atoms with Gasteiger partial charge in [-0.05, 0) is 12.5 Å². The third-order valence-electron chi connectivity index (χ3n) is 3.96. The van der Waals surface area contributed by atoms with E-state index in [1.54, 1.807) is 6.92 Å². The maximum atomic E-state index is 14.6. The van der Waals surface area contributed by atoms with Gasteiger partial charge in [-0.1, -0.05) is 5.11 Å². The first-order valence-electron chi connectivity index (χ1n) is 6.98. The summed E-state index contributed by atoms with van der Waals surface area (Å²) in [6.45, 7) is 0.330. The number of azide groups is 1. The van der Waals surface area contributed by atoms with Gasteiger partial charge >= 0.3 is 0 Å². The molecule has 0 bridgehead atoms. The summed E-state index contributed by atoms with van der Waals surface area (Å²) in [5, 5.41) is 22.9. The zero-order valence-corrected chi connectivity index (χ0v) is 12.5. The lowest BCUT2D eigenvalue weighted by atomic mass is 9.97. The fourth-order valence-electron chi connectivity index (χ4n) is 2.72. The molecule has 4 atom stereocenters. The van der Waals surface area contributed by atoms with Crippen molar-refractivity contribution >= 4 is 11.2 Å². The molecule has 0 aliphatic carbocycles. The van der Waals surface area contributed by atoms with Crippen LogP contribution in [0.3, 0.4) is 0 Å². The Hall–Kier alpha value is -2.53. The summed E-state index contributed by atoms with van der Waals surface area (Å²) in [7, 11) is 0. The van der Waals surface area contributed by atoms with Crippen LogP contribution in [0.25, 0.3) is 21.6 Å². The van der Waals surface area contributed by atoms with Gasteiger partial charge in [-0.15, -0.1) is 0 Å². The van der Waals surface area contributed by atoms with E-state index in [0.29, 0.717) is 5.82 Å². The Labute approximate surface area is 133 Å². The van der Waals surface area contributed by atoms with E-state index in [1.165, 1.54) is 4.57 Å². The molecule has 24 heavy (non-hydrogen) atoms. The molecule has 0 radical (unpaired) electrons. The van der Waals surface area contributed by atoms with Crippen molar-refractivity contribution in [2.24, 2.45) is 5.11 Å². The Bertz CT molecular complexity index is 876. The zero-order chi connectivity index (χ0) is 17.5. The van der Waals surface area contributed by atoms with Crippen LogP contribution < -0.4 is 5.56 Å². The number of aryl methyl sites for hydroxylation is 1. The second-order valence-corrected chi connectivity index (χ2v) is 5.48. The molecule has 0 aromatic carbocycles. The van der Waals surface area contributed by atoms with Crippen LogP contribution in [-0.4, -0.2) is 60.8 Å². The van der Waals surface area contributed by atoms with Gasteiger partial charge in [0.15, 0.2) is 23.6 Å². The summed E-state index contributed by atoms with van der Waals surface area (Å²) in [6, 6.07) is 0. The van der Waals surface area contributed by atoms with Gasteiger partial charge in [-0.25, -0.2) is 14.4 Å². The molecule has 1 aliphatic heterocycles. The van der Waals surface area contributed by atoms with E-state index in [4.69, 9.17) is 10.3 Å². The van der Waals surface area contributed by atoms with E-state index in [2.05, 4.69) is 25.0 Å². The number of aromatic amines is 1. The van der Waals surface area contributed by atoms with Crippen molar-refractivity contribution in [2.75, 3.05) is 13.2 Å². The molecular formula is C12H14FN7O4. The molecule has 1 fully saturated rings. The molecule has 12 heteroatoms. The number of fused-ring (bicyclic) bond motifs is 1. The Morgan fingerprint density at radius 1 is 1.67 bits per heavy atom. The number of nitrogens with one attached hydrogen (secondary N) is 1. The fourth-order valence-corrected chi connectivity index (χ4v) is 2.72. The first kappa shape index (κ1) is 16.3. The number of hydrogen-bond donors (Lipinski definition) is 3. The van der Waals surface area contributed by atoms with Crippen molar-refractivity contribution in [3.63, 3.8) is 0 Å². The van der Waals surface area contributed by atoms with Crippen LogP contribution in [0.5, 0.6) is 0 Å². The maximum Gasteiger partial charge on any atom is 0.279 e. The molecule has 3 N–H and O–H groups in total. The van der Waals surface area contributed by atoms with Gasteiger partial charge in [0, 0.05) is 4.91 Å². The summed E-state index contributed by atoms with van der Waals surface area (Å²) in [6.07, 6.45) is -3.92. The second kappa shape index (κ2) is 5.83. The van der Waals surface area contributed by atoms with Crippen LogP contribution in [0.15, 0.2) is 16.2 Å². The molecule has 11 nitrogen and oxygen atoms in total. The first-order valence-corrected chi connectivity index (χ1v) is 6.98. The predicted octanol–water partition coefficient (Wildman–Crippen LogP) is -0.303. The normalized spacial score (nSPS) is 29.8. The standard InChI is InChI=1S/C12H14FN7O4/c1-5-17-9-7(10(23)18-5)15-4-20(9)11-6(13)8(22)12(3-21,24-11)2-16-19-14/h4,6,8,11,21-22H,2-3H2,1H3,(H,17,18,23)/t6-,8+,11-,12-/m1/s1. The quantitative estimate of drug-likeness (QED) is 0.393. The van der Waals surface area contributed by atoms with Crippen molar-refractivity contribution in [2.45, 2.75) is 31.0 Å². The van der Waals surface area contributed by atoms with Gasteiger partial charge in [0.1, 0.15) is 17.5 Å². The summed E-state index contributed by atoms with van der Waals surface area (Å²) >= 11 is 0. The molecule has 1 aliphatic rings. The smallest absolute Gasteiger partial charge is 0.279 e. The van der Waals surface area contributed by atoms with E-state index in [9.17, 15) is 19.4 Å². The lowest BCUT2D eigenvalue weighted by molar-refractivity contribution is -0.120. The average Bonchev–Trinajstić information content (AvgIpc) is 3.07. The van der Waals surface area contributed by atoms with Crippen molar-refractivity contribution in [1.82, 2.24) is 19.5 Å². The van der Waals surface area contributed by atoms with Gasteiger partial charge in [-0.2, -0.15) is 0 Å². The topological polar surface area (TPSA) is 162 Å². The van der Waals surface area contributed by atoms with Crippen molar-refractivity contribution in [3.8, 4) is 0 Å². The molecule has 0 unspecified atom stereocenters. The monoisotopic (exact) mass is 339 g/mol. The van der Waals surface area contributed by atoms with Crippen LogP contribution in [-0.2, 0) is 4.74 Å². The van der Waals surface area contributed by atoms with Crippen molar-refractivity contribution in [3.05, 3.63) is 32.9 Å². The number of aromatic nitrogens is 4. The molecule has 3 rings (SSSR count). The molecule has 2 aromatic heterocycles. The SMILES string of the molecule is Cc1nc2c(ncn2[C@@H]2O[C@@](CO)(CN=[N+]=[N-])[C@@H](O)[C@H]2F)c(=O)[nH]1. The van der Waals surface area contributed by atoms with Crippen LogP contribution >= 0.6 is 0 Å². The molecule has 128 valence electrons. The van der Waals surface area contributed by atoms with E-state index in [-0.39, 0.29) is 11.2 Å². The highest BCUT2D eigenvalue weighted by Gasteiger charge is 2.55. The predicted molar refractivity (Wildman–Crippen MR) is 77.7 cm³/mol. The van der Waals surface area contributed by atoms with Gasteiger partial charge in [0.25, 0.3) is 5.56 Å². The van der Waals surface area contributed by atoms with E-state index in [1.807, 2.05) is 0 Å². The Balaban J connectivity index is 2.07. The Kier molecular flexibility index (Phi) is 3.97. The Morgan fingerprint density at radius 3 is 3.08 bits per heavy atom. The van der Waals surface area contributed by atoms with Crippen LogP contribution in [0, 0.1) is 6.92 Å².